The number of hydrogen-bond donors (Lipinski definition) is 4. The summed E-state index contributed by atoms with van der Waals surface area (Å²) >= 11 is 0. The van der Waals surface area contributed by atoms with Gasteiger partial charge in [-0.15, -0.1) is 0 Å². The fourth-order valence-corrected chi connectivity index (χ4v) is 1.32. The molecule has 3 amide bonds. The second-order valence-electron chi connectivity index (χ2n) is 3.72. The number of primary amides is 1. The number of rotatable bonds is 6. The Morgan fingerprint density at radius 1 is 1.53 bits per heavy atom. The van der Waals surface area contributed by atoms with Gasteiger partial charge in [-0.3, -0.25) is 14.8 Å². The zero-order valence-electron chi connectivity index (χ0n) is 10.3. The van der Waals surface area contributed by atoms with Gasteiger partial charge in [0.2, 0.25) is 5.91 Å². The molecule has 1 aromatic heterocycles. The van der Waals surface area contributed by atoms with Crippen molar-refractivity contribution in [2.45, 2.75) is 25.9 Å². The van der Waals surface area contributed by atoms with Crippen LogP contribution in [-0.2, 0) is 16.1 Å². The smallest absolute Gasteiger partial charge is 0.326 e. The molecule has 1 atom stereocenters. The van der Waals surface area contributed by atoms with Crippen LogP contribution in [0.3, 0.4) is 0 Å². The molecular formula is C10H15N5O4. The molecule has 0 fully saturated rings. The SMILES string of the molecule is CCn1ccc(NC(=O)NC(CC(N)=O)C(=O)O)n1. The molecule has 1 unspecified atom stereocenters. The average molecular weight is 269 g/mol. The summed E-state index contributed by atoms with van der Waals surface area (Å²) in [5.74, 6) is -1.88. The van der Waals surface area contributed by atoms with Gasteiger partial charge in [0.05, 0.1) is 6.42 Å². The van der Waals surface area contributed by atoms with E-state index in [0.717, 1.165) is 0 Å². The average Bonchev–Trinajstić information content (AvgIpc) is 2.75. The van der Waals surface area contributed by atoms with Gasteiger partial charge in [0.25, 0.3) is 0 Å². The number of hydrogen-bond acceptors (Lipinski definition) is 4. The third-order valence-electron chi connectivity index (χ3n) is 2.21. The highest BCUT2D eigenvalue weighted by Gasteiger charge is 2.22. The normalized spacial score (nSPS) is 11.6. The number of nitrogens with one attached hydrogen (secondary N) is 2. The molecule has 0 saturated heterocycles. The Balaban J connectivity index is 2.57. The van der Waals surface area contributed by atoms with Gasteiger partial charge in [0.1, 0.15) is 6.04 Å². The third-order valence-corrected chi connectivity index (χ3v) is 2.21. The van der Waals surface area contributed by atoms with Crippen molar-refractivity contribution in [1.82, 2.24) is 15.1 Å². The molecule has 1 heterocycles. The predicted octanol–water partition coefficient (Wildman–Crippen LogP) is -0.647. The molecule has 0 aromatic carbocycles. The van der Waals surface area contributed by atoms with E-state index in [4.69, 9.17) is 10.8 Å². The molecule has 0 spiro atoms. The van der Waals surface area contributed by atoms with Gasteiger partial charge in [-0.1, -0.05) is 0 Å². The lowest BCUT2D eigenvalue weighted by atomic mass is 10.2. The third kappa shape index (κ3) is 4.66. The van der Waals surface area contributed by atoms with E-state index in [2.05, 4.69) is 15.7 Å². The number of carbonyl (C=O) groups is 3. The van der Waals surface area contributed by atoms with Crippen LogP contribution in [0.4, 0.5) is 10.6 Å². The summed E-state index contributed by atoms with van der Waals surface area (Å²) in [5.41, 5.74) is 4.89. The van der Waals surface area contributed by atoms with E-state index in [-0.39, 0.29) is 5.82 Å². The maximum absolute atomic E-state index is 11.5. The lowest BCUT2D eigenvalue weighted by Gasteiger charge is -2.12. The van der Waals surface area contributed by atoms with E-state index in [1.807, 2.05) is 6.92 Å². The second-order valence-corrected chi connectivity index (χ2v) is 3.72. The molecule has 1 aromatic rings. The fourth-order valence-electron chi connectivity index (χ4n) is 1.32. The maximum atomic E-state index is 11.5. The van der Waals surface area contributed by atoms with Gasteiger partial charge in [-0.05, 0) is 6.92 Å². The van der Waals surface area contributed by atoms with Crippen LogP contribution >= 0.6 is 0 Å². The molecule has 0 bridgehead atoms. The number of carbonyl (C=O) groups excluding carboxylic acids is 2. The Kier molecular flexibility index (Phi) is 4.86. The van der Waals surface area contributed by atoms with Gasteiger partial charge < -0.3 is 16.2 Å². The zero-order chi connectivity index (χ0) is 14.4. The molecule has 9 nitrogen and oxygen atoms in total. The monoisotopic (exact) mass is 269 g/mol. The van der Waals surface area contributed by atoms with Crippen LogP contribution in [0.1, 0.15) is 13.3 Å². The molecule has 0 radical (unpaired) electrons. The Bertz CT molecular complexity index is 484. The summed E-state index contributed by atoms with van der Waals surface area (Å²) in [7, 11) is 0. The van der Waals surface area contributed by atoms with Gasteiger partial charge >= 0.3 is 12.0 Å². The first-order valence-corrected chi connectivity index (χ1v) is 5.54. The van der Waals surface area contributed by atoms with Crippen LogP contribution in [0, 0.1) is 0 Å². The molecular weight excluding hydrogens is 254 g/mol. The van der Waals surface area contributed by atoms with Crippen molar-refractivity contribution in [3.63, 3.8) is 0 Å². The zero-order valence-corrected chi connectivity index (χ0v) is 10.3. The van der Waals surface area contributed by atoms with E-state index in [1.54, 1.807) is 16.9 Å². The topological polar surface area (TPSA) is 139 Å². The molecule has 1 rings (SSSR count). The summed E-state index contributed by atoms with van der Waals surface area (Å²) in [6.45, 7) is 2.52. The summed E-state index contributed by atoms with van der Waals surface area (Å²) in [4.78, 5) is 33.0. The lowest BCUT2D eigenvalue weighted by molar-refractivity contribution is -0.140. The summed E-state index contributed by atoms with van der Waals surface area (Å²) in [5, 5.41) is 17.3. The largest absolute Gasteiger partial charge is 0.480 e. The number of aromatic nitrogens is 2. The first-order chi connectivity index (χ1) is 8.92. The number of nitrogens with two attached hydrogens (primary N) is 1. The quantitative estimate of drug-likeness (QED) is 0.543. The number of carboxylic acid groups (broad SMARTS) is 1. The van der Waals surface area contributed by atoms with Gasteiger partial charge in [-0.2, -0.15) is 5.10 Å². The molecule has 0 aliphatic rings. The van der Waals surface area contributed by atoms with Crippen molar-refractivity contribution >= 4 is 23.7 Å². The Morgan fingerprint density at radius 2 is 2.21 bits per heavy atom. The van der Waals surface area contributed by atoms with Crippen molar-refractivity contribution in [2.24, 2.45) is 5.73 Å². The molecule has 104 valence electrons. The Labute approximate surface area is 108 Å². The number of urea groups is 1. The van der Waals surface area contributed by atoms with Crippen molar-refractivity contribution in [2.75, 3.05) is 5.32 Å². The lowest BCUT2D eigenvalue weighted by Crippen LogP contribution is -2.45. The van der Waals surface area contributed by atoms with Gasteiger partial charge in [-0.25, -0.2) is 9.59 Å². The van der Waals surface area contributed by atoms with Crippen LogP contribution in [0.2, 0.25) is 0 Å². The van der Waals surface area contributed by atoms with Gasteiger partial charge in [0.15, 0.2) is 5.82 Å². The van der Waals surface area contributed by atoms with Crippen LogP contribution in [0.5, 0.6) is 0 Å². The van der Waals surface area contributed by atoms with Crippen molar-refractivity contribution in [1.29, 1.82) is 0 Å². The molecule has 0 saturated carbocycles. The number of aliphatic carboxylic acids is 1. The highest BCUT2D eigenvalue weighted by molar-refractivity contribution is 5.93. The Morgan fingerprint density at radius 3 is 2.68 bits per heavy atom. The minimum absolute atomic E-state index is 0.280. The van der Waals surface area contributed by atoms with Crippen molar-refractivity contribution in [3.8, 4) is 0 Å². The molecule has 5 N–H and O–H groups in total. The van der Waals surface area contributed by atoms with Crippen molar-refractivity contribution < 1.29 is 19.5 Å². The van der Waals surface area contributed by atoms with E-state index >= 15 is 0 Å². The first kappa shape index (κ1) is 14.5. The molecule has 0 aliphatic carbocycles. The predicted molar refractivity (Wildman–Crippen MR) is 65.3 cm³/mol. The molecule has 9 heteroatoms. The van der Waals surface area contributed by atoms with Crippen LogP contribution in [-0.4, -0.2) is 38.8 Å². The highest BCUT2D eigenvalue weighted by Crippen LogP contribution is 2.02. The second kappa shape index (κ2) is 6.38. The number of nitrogens with zero attached hydrogens (tertiary/aromatic N) is 2. The number of anilines is 1. The Hall–Kier alpha value is -2.58. The summed E-state index contributed by atoms with van der Waals surface area (Å²) in [6, 6.07) is -0.576. The van der Waals surface area contributed by atoms with E-state index in [0.29, 0.717) is 6.54 Å². The number of aryl methyl sites for hydroxylation is 1. The van der Waals surface area contributed by atoms with Crippen LogP contribution < -0.4 is 16.4 Å². The van der Waals surface area contributed by atoms with Crippen LogP contribution in [0.15, 0.2) is 12.3 Å². The van der Waals surface area contributed by atoms with E-state index in [1.165, 1.54) is 0 Å². The minimum atomic E-state index is -1.37. The fraction of sp³-hybridized carbons (Fsp3) is 0.400. The number of amides is 3. The maximum Gasteiger partial charge on any atom is 0.326 e. The summed E-state index contributed by atoms with van der Waals surface area (Å²) < 4.78 is 1.59. The molecule has 19 heavy (non-hydrogen) atoms. The minimum Gasteiger partial charge on any atom is -0.480 e. The van der Waals surface area contributed by atoms with Crippen LogP contribution in [0.25, 0.3) is 0 Å². The first-order valence-electron chi connectivity index (χ1n) is 5.54. The van der Waals surface area contributed by atoms with E-state index < -0.39 is 30.4 Å². The highest BCUT2D eigenvalue weighted by atomic mass is 16.4. The van der Waals surface area contributed by atoms with Gasteiger partial charge in [0, 0.05) is 18.8 Å². The standard InChI is InChI=1S/C10H15N5O4/c1-2-15-4-3-8(14-15)13-10(19)12-6(9(17)18)5-7(11)16/h3-4,6H,2,5H2,1H3,(H2,11,16)(H,17,18)(H2,12,13,14,19). The number of carboxylic acids is 1. The van der Waals surface area contributed by atoms with E-state index in [9.17, 15) is 14.4 Å². The molecule has 0 aliphatic heterocycles. The van der Waals surface area contributed by atoms with Crippen molar-refractivity contribution in [3.05, 3.63) is 12.3 Å². The summed E-state index contributed by atoms with van der Waals surface area (Å²) in [6.07, 6.45) is 1.18.